The van der Waals surface area contributed by atoms with Crippen LogP contribution in [0.3, 0.4) is 0 Å². The second-order valence-corrected chi connectivity index (χ2v) is 3.08. The van der Waals surface area contributed by atoms with Crippen LogP contribution in [0.1, 0.15) is 5.56 Å². The standard InChI is InChI=1S/C12H14N2O2/c1-13-14(9-10-15)12(16)8-7-11-5-3-2-4-6-11/h2-8,10,13H,9H2,1H3/b8-7+. The minimum absolute atomic E-state index is 0.0362. The van der Waals surface area contributed by atoms with E-state index in [2.05, 4.69) is 5.43 Å². The average Bonchev–Trinajstić information content (AvgIpc) is 2.34. The fourth-order valence-electron chi connectivity index (χ4n) is 1.19. The number of carbonyl (C=O) groups excluding carboxylic acids is 2. The predicted molar refractivity (Wildman–Crippen MR) is 62.3 cm³/mol. The summed E-state index contributed by atoms with van der Waals surface area (Å²) in [7, 11) is 1.59. The summed E-state index contributed by atoms with van der Waals surface area (Å²) in [5.74, 6) is -0.251. The molecule has 0 unspecified atom stereocenters. The van der Waals surface area contributed by atoms with Gasteiger partial charge in [0.05, 0.1) is 6.54 Å². The molecule has 0 saturated heterocycles. The fraction of sp³-hybridized carbons (Fsp3) is 0.167. The van der Waals surface area contributed by atoms with E-state index < -0.39 is 0 Å². The zero-order chi connectivity index (χ0) is 11.8. The van der Waals surface area contributed by atoms with Crippen LogP contribution in [0.15, 0.2) is 36.4 Å². The second-order valence-electron chi connectivity index (χ2n) is 3.08. The summed E-state index contributed by atoms with van der Waals surface area (Å²) in [5.41, 5.74) is 3.58. The quantitative estimate of drug-likeness (QED) is 0.453. The molecule has 84 valence electrons. The highest BCUT2D eigenvalue weighted by Gasteiger charge is 2.06. The number of nitrogens with one attached hydrogen (secondary N) is 1. The molecule has 1 N–H and O–H groups in total. The lowest BCUT2D eigenvalue weighted by atomic mass is 10.2. The van der Waals surface area contributed by atoms with Crippen molar-refractivity contribution >= 4 is 18.3 Å². The molecule has 1 aromatic carbocycles. The molecule has 0 aliphatic rings. The molecule has 0 aliphatic heterocycles. The molecule has 16 heavy (non-hydrogen) atoms. The van der Waals surface area contributed by atoms with Gasteiger partial charge in [-0.15, -0.1) is 0 Å². The normalized spacial score (nSPS) is 10.3. The molecule has 0 radical (unpaired) electrons. The van der Waals surface area contributed by atoms with Gasteiger partial charge >= 0.3 is 0 Å². The number of nitrogens with zero attached hydrogens (tertiary/aromatic N) is 1. The molecule has 4 heteroatoms. The van der Waals surface area contributed by atoms with Crippen LogP contribution in [0.4, 0.5) is 0 Å². The van der Waals surface area contributed by atoms with Gasteiger partial charge in [-0.1, -0.05) is 30.3 Å². The fourth-order valence-corrected chi connectivity index (χ4v) is 1.19. The summed E-state index contributed by atoms with van der Waals surface area (Å²) in [4.78, 5) is 21.9. The first-order chi connectivity index (χ1) is 7.77. The minimum Gasteiger partial charge on any atom is -0.301 e. The molecule has 0 spiro atoms. The average molecular weight is 218 g/mol. The van der Waals surface area contributed by atoms with E-state index in [-0.39, 0.29) is 12.5 Å². The summed E-state index contributed by atoms with van der Waals surface area (Å²) in [6, 6.07) is 9.49. The van der Waals surface area contributed by atoms with Crippen molar-refractivity contribution in [2.75, 3.05) is 13.6 Å². The summed E-state index contributed by atoms with van der Waals surface area (Å²) >= 11 is 0. The highest BCUT2D eigenvalue weighted by molar-refractivity contribution is 5.92. The van der Waals surface area contributed by atoms with E-state index in [9.17, 15) is 9.59 Å². The first-order valence-corrected chi connectivity index (χ1v) is 4.93. The number of amides is 1. The predicted octanol–water partition coefficient (Wildman–Crippen LogP) is 0.862. The Balaban J connectivity index is 2.63. The Bertz CT molecular complexity index is 374. The Morgan fingerprint density at radius 2 is 2.06 bits per heavy atom. The van der Waals surface area contributed by atoms with Crippen molar-refractivity contribution in [1.82, 2.24) is 10.4 Å². The maximum Gasteiger partial charge on any atom is 0.261 e. The van der Waals surface area contributed by atoms with Gasteiger partial charge in [-0.3, -0.25) is 9.80 Å². The van der Waals surface area contributed by atoms with E-state index in [4.69, 9.17) is 0 Å². The third kappa shape index (κ3) is 3.67. The van der Waals surface area contributed by atoms with E-state index in [0.717, 1.165) is 5.56 Å². The number of hydrogen-bond donors (Lipinski definition) is 1. The maximum atomic E-state index is 11.6. The Kier molecular flexibility index (Phi) is 4.95. The van der Waals surface area contributed by atoms with E-state index in [1.165, 1.54) is 11.1 Å². The Morgan fingerprint density at radius 1 is 1.38 bits per heavy atom. The zero-order valence-electron chi connectivity index (χ0n) is 9.09. The van der Waals surface area contributed by atoms with Gasteiger partial charge < -0.3 is 4.79 Å². The second kappa shape index (κ2) is 6.53. The molecule has 0 bridgehead atoms. The van der Waals surface area contributed by atoms with Crippen molar-refractivity contribution in [1.29, 1.82) is 0 Å². The molecule has 4 nitrogen and oxygen atoms in total. The van der Waals surface area contributed by atoms with Crippen molar-refractivity contribution < 1.29 is 9.59 Å². The zero-order valence-corrected chi connectivity index (χ0v) is 9.09. The molecule has 1 aromatic rings. The van der Waals surface area contributed by atoms with Crippen LogP contribution in [0, 0.1) is 0 Å². The Hall–Kier alpha value is -1.94. The van der Waals surface area contributed by atoms with Gasteiger partial charge in [-0.05, 0) is 11.6 Å². The van der Waals surface area contributed by atoms with Gasteiger partial charge in [0.25, 0.3) is 5.91 Å². The smallest absolute Gasteiger partial charge is 0.261 e. The number of rotatable bonds is 5. The van der Waals surface area contributed by atoms with Gasteiger partial charge in [0.1, 0.15) is 6.29 Å². The third-order valence-electron chi connectivity index (χ3n) is 2.01. The van der Waals surface area contributed by atoms with Gasteiger partial charge in [0.15, 0.2) is 0 Å². The van der Waals surface area contributed by atoms with Crippen LogP contribution in [0.25, 0.3) is 6.08 Å². The van der Waals surface area contributed by atoms with E-state index in [1.807, 2.05) is 30.3 Å². The minimum atomic E-state index is -0.251. The number of carbonyl (C=O) groups is 2. The Labute approximate surface area is 94.5 Å². The van der Waals surface area contributed by atoms with Gasteiger partial charge in [0.2, 0.25) is 0 Å². The van der Waals surface area contributed by atoms with Crippen molar-refractivity contribution in [2.45, 2.75) is 0 Å². The van der Waals surface area contributed by atoms with E-state index >= 15 is 0 Å². The number of hydrogen-bond acceptors (Lipinski definition) is 3. The highest BCUT2D eigenvalue weighted by Crippen LogP contribution is 2.01. The Morgan fingerprint density at radius 3 is 2.62 bits per heavy atom. The van der Waals surface area contributed by atoms with Crippen molar-refractivity contribution in [2.24, 2.45) is 0 Å². The largest absolute Gasteiger partial charge is 0.301 e. The molecular weight excluding hydrogens is 204 g/mol. The number of benzene rings is 1. The van der Waals surface area contributed by atoms with E-state index in [0.29, 0.717) is 6.29 Å². The van der Waals surface area contributed by atoms with Crippen molar-refractivity contribution in [3.63, 3.8) is 0 Å². The van der Waals surface area contributed by atoms with Crippen LogP contribution in [0.5, 0.6) is 0 Å². The molecular formula is C12H14N2O2. The van der Waals surface area contributed by atoms with Gasteiger partial charge in [0, 0.05) is 13.1 Å². The van der Waals surface area contributed by atoms with Gasteiger partial charge in [-0.2, -0.15) is 0 Å². The van der Waals surface area contributed by atoms with Crippen LogP contribution in [-0.4, -0.2) is 30.8 Å². The lowest BCUT2D eigenvalue weighted by molar-refractivity contribution is -0.131. The SMILES string of the molecule is CNN(CC=O)C(=O)/C=C/c1ccccc1. The summed E-state index contributed by atoms with van der Waals surface area (Å²) in [5, 5.41) is 1.23. The molecule has 0 heterocycles. The van der Waals surface area contributed by atoms with E-state index in [1.54, 1.807) is 13.1 Å². The molecule has 0 aromatic heterocycles. The summed E-state index contributed by atoms with van der Waals surface area (Å²) in [6.07, 6.45) is 3.80. The van der Waals surface area contributed by atoms with Crippen LogP contribution < -0.4 is 5.43 Å². The molecule has 0 saturated carbocycles. The summed E-state index contributed by atoms with van der Waals surface area (Å²) in [6.45, 7) is 0.0362. The molecule has 0 aliphatic carbocycles. The number of aldehydes is 1. The maximum absolute atomic E-state index is 11.6. The number of hydrazine groups is 1. The van der Waals surface area contributed by atoms with Crippen molar-refractivity contribution in [3.05, 3.63) is 42.0 Å². The molecule has 1 amide bonds. The lowest BCUT2D eigenvalue weighted by Gasteiger charge is -2.15. The monoisotopic (exact) mass is 218 g/mol. The van der Waals surface area contributed by atoms with Gasteiger partial charge in [-0.25, -0.2) is 5.43 Å². The molecule has 1 rings (SSSR count). The van der Waals surface area contributed by atoms with Crippen LogP contribution >= 0.6 is 0 Å². The highest BCUT2D eigenvalue weighted by atomic mass is 16.2. The topological polar surface area (TPSA) is 49.4 Å². The van der Waals surface area contributed by atoms with Crippen LogP contribution in [0.2, 0.25) is 0 Å². The van der Waals surface area contributed by atoms with Crippen molar-refractivity contribution in [3.8, 4) is 0 Å². The van der Waals surface area contributed by atoms with Crippen LogP contribution in [-0.2, 0) is 9.59 Å². The third-order valence-corrected chi connectivity index (χ3v) is 2.01. The first kappa shape index (κ1) is 12.1. The first-order valence-electron chi connectivity index (χ1n) is 4.93. The molecule has 0 fully saturated rings. The molecule has 0 atom stereocenters. The lowest BCUT2D eigenvalue weighted by Crippen LogP contribution is -2.40. The summed E-state index contributed by atoms with van der Waals surface area (Å²) < 4.78 is 0.